The first-order valence-electron chi connectivity index (χ1n) is 4.38. The minimum atomic E-state index is -2.54. The first-order valence-corrected chi connectivity index (χ1v) is 6.74. The lowest BCUT2D eigenvalue weighted by molar-refractivity contribution is 0.0753. The molecule has 0 aliphatic rings. The molecule has 0 saturated carbocycles. The molecular weight excluding hydrogens is 168 g/mol. The fourth-order valence-electron chi connectivity index (χ4n) is 0.749. The number of rotatable bonds is 1. The maximum atomic E-state index is 10.1. The van der Waals surface area contributed by atoms with E-state index in [0.29, 0.717) is 0 Å². The molecule has 0 aromatic rings. The summed E-state index contributed by atoms with van der Waals surface area (Å²) in [6, 6.07) is 0. The molecule has 0 radical (unpaired) electrons. The molecular formula is C9H22O2Si. The zero-order chi connectivity index (χ0) is 10.2. The molecule has 0 fully saturated rings. The summed E-state index contributed by atoms with van der Waals surface area (Å²) in [5.74, 6) is 0. The lowest BCUT2D eigenvalue weighted by Crippen LogP contribution is -2.49. The molecule has 0 heterocycles. The topological polar surface area (TPSA) is 29.5 Å². The van der Waals surface area contributed by atoms with Crippen molar-refractivity contribution in [1.29, 1.82) is 0 Å². The summed E-state index contributed by atoms with van der Waals surface area (Å²) in [6.07, 6.45) is 0. The first-order chi connectivity index (χ1) is 4.96. The molecule has 1 N–H and O–H groups in total. The summed E-state index contributed by atoms with van der Waals surface area (Å²) in [4.78, 5) is 10.1. The molecule has 1 atom stereocenters. The van der Waals surface area contributed by atoms with Gasteiger partial charge in [0.15, 0.2) is 0 Å². The Labute approximate surface area is 77.2 Å². The summed E-state index contributed by atoms with van der Waals surface area (Å²) >= 11 is 0. The van der Waals surface area contributed by atoms with Gasteiger partial charge in [-0.2, -0.15) is 0 Å². The van der Waals surface area contributed by atoms with Crippen LogP contribution in [-0.4, -0.2) is 19.0 Å². The van der Waals surface area contributed by atoms with Crippen LogP contribution in [0.3, 0.4) is 0 Å². The highest BCUT2D eigenvalue weighted by Gasteiger charge is 2.44. The van der Waals surface area contributed by atoms with Gasteiger partial charge in [0.25, 0.3) is 0 Å². The fraction of sp³-hybridized carbons (Fsp3) is 1.00. The van der Waals surface area contributed by atoms with Crippen LogP contribution in [0.4, 0.5) is 0 Å². The van der Waals surface area contributed by atoms with Crippen molar-refractivity contribution in [2.24, 2.45) is 0 Å². The summed E-state index contributed by atoms with van der Waals surface area (Å²) in [6.45, 7) is 13.8. The molecule has 3 heteroatoms. The fourth-order valence-corrected chi connectivity index (χ4v) is 2.25. The van der Waals surface area contributed by atoms with E-state index in [0.717, 1.165) is 0 Å². The second-order valence-corrected chi connectivity index (χ2v) is 9.12. The van der Waals surface area contributed by atoms with Gasteiger partial charge in [-0.1, -0.05) is 20.8 Å². The van der Waals surface area contributed by atoms with Crippen molar-refractivity contribution in [3.05, 3.63) is 0 Å². The van der Waals surface area contributed by atoms with E-state index in [1.807, 2.05) is 48.1 Å². The van der Waals surface area contributed by atoms with Crippen LogP contribution in [0.2, 0.25) is 11.6 Å². The third-order valence-corrected chi connectivity index (χ3v) is 5.69. The molecule has 1 unspecified atom stereocenters. The predicted octanol–water partition coefficient (Wildman–Crippen LogP) is 2.67. The quantitative estimate of drug-likeness (QED) is 0.644. The van der Waals surface area contributed by atoms with Gasteiger partial charge >= 0.3 is 8.56 Å². The van der Waals surface area contributed by atoms with Crippen molar-refractivity contribution >= 4 is 8.56 Å². The van der Waals surface area contributed by atoms with E-state index in [1.165, 1.54) is 0 Å². The minimum Gasteiger partial charge on any atom is -0.410 e. The van der Waals surface area contributed by atoms with Crippen molar-refractivity contribution in [2.75, 3.05) is 0 Å². The van der Waals surface area contributed by atoms with Crippen molar-refractivity contribution in [3.63, 3.8) is 0 Å². The van der Waals surface area contributed by atoms with Gasteiger partial charge in [0.05, 0.1) is 5.60 Å². The zero-order valence-electron chi connectivity index (χ0n) is 9.36. The zero-order valence-corrected chi connectivity index (χ0v) is 10.4. The largest absolute Gasteiger partial charge is 0.410 e. The van der Waals surface area contributed by atoms with Gasteiger partial charge in [-0.15, -0.1) is 0 Å². The summed E-state index contributed by atoms with van der Waals surface area (Å²) in [5, 5.41) is -0.125. The standard InChI is InChI=1S/C9H22O2Si/c1-8(2,3)11-12(7,10)9(4,5)6/h10H,1-7H3. The number of hydrogen-bond donors (Lipinski definition) is 1. The van der Waals surface area contributed by atoms with Crippen LogP contribution in [0.5, 0.6) is 0 Å². The molecule has 0 saturated heterocycles. The Morgan fingerprint density at radius 1 is 1.00 bits per heavy atom. The van der Waals surface area contributed by atoms with E-state index >= 15 is 0 Å². The van der Waals surface area contributed by atoms with Gasteiger partial charge in [0.2, 0.25) is 0 Å². The van der Waals surface area contributed by atoms with Gasteiger partial charge < -0.3 is 9.22 Å². The van der Waals surface area contributed by atoms with Crippen LogP contribution in [0, 0.1) is 0 Å². The molecule has 0 aliphatic heterocycles. The summed E-state index contributed by atoms with van der Waals surface area (Å²) in [7, 11) is -2.54. The van der Waals surface area contributed by atoms with Crippen LogP contribution < -0.4 is 0 Å². The van der Waals surface area contributed by atoms with Gasteiger partial charge in [0.1, 0.15) is 0 Å². The first kappa shape index (κ1) is 12.1. The Balaban J connectivity index is 4.44. The average Bonchev–Trinajstić information content (AvgIpc) is 1.52. The highest BCUT2D eigenvalue weighted by Crippen LogP contribution is 2.36. The molecule has 0 bridgehead atoms. The van der Waals surface area contributed by atoms with E-state index < -0.39 is 8.56 Å². The highest BCUT2D eigenvalue weighted by atomic mass is 28.4. The van der Waals surface area contributed by atoms with E-state index in [9.17, 15) is 4.80 Å². The monoisotopic (exact) mass is 190 g/mol. The molecule has 2 nitrogen and oxygen atoms in total. The van der Waals surface area contributed by atoms with Crippen LogP contribution >= 0.6 is 0 Å². The predicted molar refractivity (Wildman–Crippen MR) is 54.4 cm³/mol. The maximum Gasteiger partial charge on any atom is 0.338 e. The van der Waals surface area contributed by atoms with Crippen molar-refractivity contribution < 1.29 is 9.22 Å². The Morgan fingerprint density at radius 3 is 1.42 bits per heavy atom. The molecule has 0 amide bonds. The molecule has 0 aromatic carbocycles. The van der Waals surface area contributed by atoms with E-state index in [1.54, 1.807) is 0 Å². The Hall–Kier alpha value is 0.137. The lowest BCUT2D eigenvalue weighted by Gasteiger charge is -2.38. The van der Waals surface area contributed by atoms with Gasteiger partial charge in [-0.3, -0.25) is 0 Å². The van der Waals surface area contributed by atoms with Crippen LogP contribution in [0.25, 0.3) is 0 Å². The van der Waals surface area contributed by atoms with Crippen molar-refractivity contribution in [2.45, 2.75) is 58.7 Å². The average molecular weight is 190 g/mol. The number of hydrogen-bond acceptors (Lipinski definition) is 2. The van der Waals surface area contributed by atoms with Crippen molar-refractivity contribution in [1.82, 2.24) is 0 Å². The van der Waals surface area contributed by atoms with E-state index in [2.05, 4.69) is 0 Å². The Morgan fingerprint density at radius 2 is 1.33 bits per heavy atom. The SMILES string of the molecule is CC(C)(C)O[Si](C)(O)C(C)(C)C. The van der Waals surface area contributed by atoms with Crippen LogP contribution in [-0.2, 0) is 4.43 Å². The third kappa shape index (κ3) is 3.69. The van der Waals surface area contributed by atoms with Gasteiger partial charge in [0, 0.05) is 5.04 Å². The summed E-state index contributed by atoms with van der Waals surface area (Å²) in [5.41, 5.74) is -0.247. The minimum absolute atomic E-state index is 0.125. The molecule has 12 heavy (non-hydrogen) atoms. The summed E-state index contributed by atoms with van der Waals surface area (Å²) < 4.78 is 5.68. The van der Waals surface area contributed by atoms with Crippen molar-refractivity contribution in [3.8, 4) is 0 Å². The maximum absolute atomic E-state index is 10.1. The Bertz CT molecular complexity index is 151. The lowest BCUT2D eigenvalue weighted by atomic mass is 10.2. The molecule has 74 valence electrons. The smallest absolute Gasteiger partial charge is 0.338 e. The third-order valence-electron chi connectivity index (χ3n) is 1.90. The second-order valence-electron chi connectivity index (χ2n) is 5.45. The van der Waals surface area contributed by atoms with Crippen LogP contribution in [0.1, 0.15) is 41.5 Å². The highest BCUT2D eigenvalue weighted by molar-refractivity contribution is 6.67. The van der Waals surface area contributed by atoms with Crippen LogP contribution in [0.15, 0.2) is 0 Å². The van der Waals surface area contributed by atoms with E-state index in [-0.39, 0.29) is 10.6 Å². The normalized spacial score (nSPS) is 19.0. The molecule has 0 rings (SSSR count). The molecule has 0 aliphatic carbocycles. The molecule has 0 aromatic heterocycles. The van der Waals surface area contributed by atoms with Gasteiger partial charge in [-0.05, 0) is 27.3 Å². The Kier molecular flexibility index (Phi) is 3.16. The molecule has 0 spiro atoms. The van der Waals surface area contributed by atoms with E-state index in [4.69, 9.17) is 4.43 Å². The second kappa shape index (κ2) is 3.12. The van der Waals surface area contributed by atoms with Gasteiger partial charge in [-0.25, -0.2) is 0 Å².